The molecule has 2 rings (SSSR count). The topological polar surface area (TPSA) is 50.9 Å². The molecule has 0 aliphatic heterocycles. The van der Waals surface area contributed by atoms with Crippen molar-refractivity contribution in [3.8, 4) is 0 Å². The van der Waals surface area contributed by atoms with E-state index in [2.05, 4.69) is 17.2 Å². The molecule has 3 heteroatoms. The first-order valence-corrected chi connectivity index (χ1v) is 6.19. The summed E-state index contributed by atoms with van der Waals surface area (Å²) in [6.07, 6.45) is 7.35. The van der Waals surface area contributed by atoms with Gasteiger partial charge in [0.2, 0.25) is 0 Å². The number of pyridine rings is 1. The molecule has 0 bridgehead atoms. The first-order chi connectivity index (χ1) is 8.33. The SMILES string of the molecule is CCCCCNc1ccc(N)c2ccncc12. The van der Waals surface area contributed by atoms with Gasteiger partial charge < -0.3 is 11.1 Å². The van der Waals surface area contributed by atoms with E-state index in [4.69, 9.17) is 5.73 Å². The molecular weight excluding hydrogens is 210 g/mol. The molecule has 0 unspecified atom stereocenters. The van der Waals surface area contributed by atoms with E-state index in [1.54, 1.807) is 6.20 Å². The van der Waals surface area contributed by atoms with Crippen molar-refractivity contribution < 1.29 is 0 Å². The Morgan fingerprint density at radius 2 is 2.06 bits per heavy atom. The van der Waals surface area contributed by atoms with E-state index < -0.39 is 0 Å². The van der Waals surface area contributed by atoms with Crippen LogP contribution in [0.15, 0.2) is 30.6 Å². The molecule has 17 heavy (non-hydrogen) atoms. The summed E-state index contributed by atoms with van der Waals surface area (Å²) in [5.74, 6) is 0. The van der Waals surface area contributed by atoms with Crippen molar-refractivity contribution in [2.24, 2.45) is 0 Å². The summed E-state index contributed by atoms with van der Waals surface area (Å²) in [4.78, 5) is 4.16. The Labute approximate surface area is 102 Å². The van der Waals surface area contributed by atoms with Crippen LogP contribution in [0.1, 0.15) is 26.2 Å². The van der Waals surface area contributed by atoms with Crippen molar-refractivity contribution in [2.45, 2.75) is 26.2 Å². The fourth-order valence-corrected chi connectivity index (χ4v) is 1.97. The third-order valence-corrected chi connectivity index (χ3v) is 2.95. The molecule has 3 N–H and O–H groups in total. The largest absolute Gasteiger partial charge is 0.398 e. The lowest BCUT2D eigenvalue weighted by atomic mass is 10.1. The number of fused-ring (bicyclic) bond motifs is 1. The van der Waals surface area contributed by atoms with Crippen LogP contribution in [0.3, 0.4) is 0 Å². The highest BCUT2D eigenvalue weighted by Gasteiger charge is 2.03. The number of nitrogen functional groups attached to an aromatic ring is 1. The van der Waals surface area contributed by atoms with Crippen LogP contribution in [0.25, 0.3) is 10.8 Å². The second-order valence-electron chi connectivity index (χ2n) is 4.26. The monoisotopic (exact) mass is 229 g/mol. The van der Waals surface area contributed by atoms with Crippen LogP contribution in [0.5, 0.6) is 0 Å². The molecule has 0 saturated heterocycles. The third kappa shape index (κ3) is 2.67. The van der Waals surface area contributed by atoms with Crippen LogP contribution in [-0.4, -0.2) is 11.5 Å². The van der Waals surface area contributed by atoms with Gasteiger partial charge in [-0.15, -0.1) is 0 Å². The summed E-state index contributed by atoms with van der Waals surface area (Å²) in [6.45, 7) is 3.21. The minimum absolute atomic E-state index is 0.807. The molecule has 0 spiro atoms. The molecule has 3 nitrogen and oxygen atoms in total. The van der Waals surface area contributed by atoms with Gasteiger partial charge in [0.05, 0.1) is 0 Å². The van der Waals surface area contributed by atoms with E-state index in [1.807, 2.05) is 24.4 Å². The normalized spacial score (nSPS) is 10.6. The number of unbranched alkanes of at least 4 members (excludes halogenated alkanes) is 2. The highest BCUT2D eigenvalue weighted by atomic mass is 14.9. The number of nitrogens with one attached hydrogen (secondary N) is 1. The zero-order chi connectivity index (χ0) is 12.1. The van der Waals surface area contributed by atoms with Gasteiger partial charge in [-0.1, -0.05) is 19.8 Å². The number of rotatable bonds is 5. The van der Waals surface area contributed by atoms with E-state index in [0.717, 1.165) is 28.7 Å². The molecule has 0 atom stereocenters. The predicted molar refractivity (Wildman–Crippen MR) is 74.2 cm³/mol. The Hall–Kier alpha value is -1.77. The van der Waals surface area contributed by atoms with E-state index >= 15 is 0 Å². The summed E-state index contributed by atoms with van der Waals surface area (Å²) in [5.41, 5.74) is 7.88. The fraction of sp³-hybridized carbons (Fsp3) is 0.357. The van der Waals surface area contributed by atoms with E-state index in [1.165, 1.54) is 19.3 Å². The lowest BCUT2D eigenvalue weighted by molar-refractivity contribution is 0.744. The standard InChI is InChI=1S/C14H19N3/c1-2-3-4-8-17-14-6-5-13(15)11-7-9-16-10-12(11)14/h5-7,9-10,17H,2-4,8,15H2,1H3. The summed E-state index contributed by atoms with van der Waals surface area (Å²) in [5, 5.41) is 5.62. The minimum Gasteiger partial charge on any atom is -0.398 e. The van der Waals surface area contributed by atoms with Crippen LogP contribution in [0.2, 0.25) is 0 Å². The van der Waals surface area contributed by atoms with Gasteiger partial charge in [0.1, 0.15) is 0 Å². The minimum atomic E-state index is 0.807. The molecule has 90 valence electrons. The molecule has 0 saturated carbocycles. The fourth-order valence-electron chi connectivity index (χ4n) is 1.97. The van der Waals surface area contributed by atoms with Gasteiger partial charge in [0, 0.05) is 41.1 Å². The van der Waals surface area contributed by atoms with Gasteiger partial charge in [0.15, 0.2) is 0 Å². The average Bonchev–Trinajstić information content (AvgIpc) is 2.37. The highest BCUT2D eigenvalue weighted by Crippen LogP contribution is 2.27. The molecule has 0 fully saturated rings. The van der Waals surface area contributed by atoms with Crippen LogP contribution in [0.4, 0.5) is 11.4 Å². The van der Waals surface area contributed by atoms with Gasteiger partial charge in [-0.3, -0.25) is 4.98 Å². The molecule has 1 aromatic carbocycles. The van der Waals surface area contributed by atoms with Crippen molar-refractivity contribution in [3.05, 3.63) is 30.6 Å². The molecule has 0 radical (unpaired) electrons. The molecule has 0 amide bonds. The van der Waals surface area contributed by atoms with Gasteiger partial charge in [-0.2, -0.15) is 0 Å². The summed E-state index contributed by atoms with van der Waals surface area (Å²) < 4.78 is 0. The number of hydrogen-bond donors (Lipinski definition) is 2. The maximum atomic E-state index is 5.95. The Kier molecular flexibility index (Phi) is 3.81. The Morgan fingerprint density at radius 3 is 2.88 bits per heavy atom. The zero-order valence-corrected chi connectivity index (χ0v) is 10.2. The lowest BCUT2D eigenvalue weighted by Crippen LogP contribution is -2.02. The lowest BCUT2D eigenvalue weighted by Gasteiger charge is -2.10. The summed E-state index contributed by atoms with van der Waals surface area (Å²) in [6, 6.07) is 5.94. The van der Waals surface area contributed by atoms with E-state index in [9.17, 15) is 0 Å². The van der Waals surface area contributed by atoms with Crippen molar-refractivity contribution in [2.75, 3.05) is 17.6 Å². The number of nitrogens with two attached hydrogens (primary N) is 1. The van der Waals surface area contributed by atoms with E-state index in [-0.39, 0.29) is 0 Å². The van der Waals surface area contributed by atoms with Crippen LogP contribution in [0, 0.1) is 0 Å². The molecule has 1 aromatic heterocycles. The molecular formula is C14H19N3. The second kappa shape index (κ2) is 5.53. The maximum Gasteiger partial charge on any atom is 0.0437 e. The Balaban J connectivity index is 2.20. The number of benzene rings is 1. The van der Waals surface area contributed by atoms with Gasteiger partial charge in [-0.05, 0) is 24.6 Å². The molecule has 0 aliphatic rings. The number of hydrogen-bond acceptors (Lipinski definition) is 3. The average molecular weight is 229 g/mol. The van der Waals surface area contributed by atoms with Crippen LogP contribution < -0.4 is 11.1 Å². The Morgan fingerprint density at radius 1 is 1.18 bits per heavy atom. The number of anilines is 2. The quantitative estimate of drug-likeness (QED) is 0.610. The first kappa shape index (κ1) is 11.7. The summed E-state index contributed by atoms with van der Waals surface area (Å²) >= 11 is 0. The number of nitrogens with zero attached hydrogens (tertiary/aromatic N) is 1. The maximum absolute atomic E-state index is 5.95. The number of aromatic nitrogens is 1. The van der Waals surface area contributed by atoms with Crippen molar-refractivity contribution in [1.29, 1.82) is 0 Å². The second-order valence-corrected chi connectivity index (χ2v) is 4.26. The summed E-state index contributed by atoms with van der Waals surface area (Å²) in [7, 11) is 0. The molecule has 1 heterocycles. The predicted octanol–water partition coefficient (Wildman–Crippen LogP) is 3.42. The highest BCUT2D eigenvalue weighted by molar-refractivity contribution is 6.00. The van der Waals surface area contributed by atoms with Gasteiger partial charge in [-0.25, -0.2) is 0 Å². The molecule has 0 aliphatic carbocycles. The smallest absolute Gasteiger partial charge is 0.0437 e. The third-order valence-electron chi connectivity index (χ3n) is 2.95. The Bertz CT molecular complexity index is 494. The van der Waals surface area contributed by atoms with Crippen molar-refractivity contribution >= 4 is 22.1 Å². The van der Waals surface area contributed by atoms with Crippen LogP contribution >= 0.6 is 0 Å². The van der Waals surface area contributed by atoms with Crippen molar-refractivity contribution in [3.63, 3.8) is 0 Å². The van der Waals surface area contributed by atoms with Gasteiger partial charge in [0.25, 0.3) is 0 Å². The molecule has 2 aromatic rings. The van der Waals surface area contributed by atoms with Gasteiger partial charge >= 0.3 is 0 Å². The van der Waals surface area contributed by atoms with E-state index in [0.29, 0.717) is 0 Å². The first-order valence-electron chi connectivity index (χ1n) is 6.19. The van der Waals surface area contributed by atoms with Crippen molar-refractivity contribution in [1.82, 2.24) is 4.98 Å². The zero-order valence-electron chi connectivity index (χ0n) is 10.2. The van der Waals surface area contributed by atoms with Crippen LogP contribution in [-0.2, 0) is 0 Å².